The Morgan fingerprint density at radius 1 is 1.41 bits per heavy atom. The van der Waals surface area contributed by atoms with Gasteiger partial charge in [-0.1, -0.05) is 13.3 Å². The molecule has 1 aromatic carbocycles. The molecule has 0 aliphatic rings. The zero-order chi connectivity index (χ0) is 12.7. The Labute approximate surface area is 104 Å². The second-order valence-electron chi connectivity index (χ2n) is 3.42. The van der Waals surface area contributed by atoms with Crippen molar-refractivity contribution in [2.24, 2.45) is 0 Å². The standard InChI is InChI=1S/C11H14N2O3S/c1-2-3-8-12-11(14)17-10-6-4-9(5-7-10)13(15)16/h4-7H,2-3,8H2,1H3,(H,12,14). The van der Waals surface area contributed by atoms with E-state index in [0.717, 1.165) is 24.6 Å². The van der Waals surface area contributed by atoms with Gasteiger partial charge in [-0.3, -0.25) is 14.9 Å². The number of hydrogen-bond donors (Lipinski definition) is 1. The Bertz CT molecular complexity index is 392. The van der Waals surface area contributed by atoms with Crippen molar-refractivity contribution in [3.8, 4) is 0 Å². The molecule has 0 atom stereocenters. The molecule has 0 unspecified atom stereocenters. The molecule has 5 nitrogen and oxygen atoms in total. The van der Waals surface area contributed by atoms with Crippen molar-refractivity contribution < 1.29 is 9.72 Å². The maximum absolute atomic E-state index is 11.4. The molecular formula is C11H14N2O3S. The van der Waals surface area contributed by atoms with Crippen LogP contribution in [0, 0.1) is 10.1 Å². The van der Waals surface area contributed by atoms with Gasteiger partial charge in [-0.2, -0.15) is 0 Å². The fourth-order valence-corrected chi connectivity index (χ4v) is 1.81. The minimum atomic E-state index is -0.463. The summed E-state index contributed by atoms with van der Waals surface area (Å²) in [6.45, 7) is 2.71. The van der Waals surface area contributed by atoms with Gasteiger partial charge in [-0.15, -0.1) is 0 Å². The lowest BCUT2D eigenvalue weighted by atomic mass is 10.3. The summed E-state index contributed by atoms with van der Waals surface area (Å²) in [4.78, 5) is 22.1. The van der Waals surface area contributed by atoms with Gasteiger partial charge in [-0.05, 0) is 30.3 Å². The van der Waals surface area contributed by atoms with Crippen LogP contribution in [-0.2, 0) is 0 Å². The van der Waals surface area contributed by atoms with E-state index in [1.54, 1.807) is 12.1 Å². The minimum Gasteiger partial charge on any atom is -0.347 e. The average molecular weight is 254 g/mol. The Hall–Kier alpha value is -1.56. The van der Waals surface area contributed by atoms with Crippen LogP contribution in [0.15, 0.2) is 29.2 Å². The average Bonchev–Trinajstić information content (AvgIpc) is 2.30. The zero-order valence-electron chi connectivity index (χ0n) is 9.51. The van der Waals surface area contributed by atoms with E-state index in [4.69, 9.17) is 0 Å². The highest BCUT2D eigenvalue weighted by Gasteiger charge is 2.07. The third-order valence-corrected chi connectivity index (χ3v) is 2.90. The van der Waals surface area contributed by atoms with Gasteiger partial charge >= 0.3 is 0 Å². The number of rotatable bonds is 5. The molecule has 6 heteroatoms. The fourth-order valence-electron chi connectivity index (χ4n) is 1.15. The smallest absolute Gasteiger partial charge is 0.283 e. The highest BCUT2D eigenvalue weighted by Crippen LogP contribution is 2.21. The van der Waals surface area contributed by atoms with E-state index in [0.29, 0.717) is 11.4 Å². The van der Waals surface area contributed by atoms with Gasteiger partial charge in [0.2, 0.25) is 0 Å². The Kier molecular flexibility index (Phi) is 5.48. The second-order valence-corrected chi connectivity index (χ2v) is 4.47. The molecule has 1 amide bonds. The van der Waals surface area contributed by atoms with Crippen LogP contribution in [-0.4, -0.2) is 16.7 Å². The zero-order valence-corrected chi connectivity index (χ0v) is 10.3. The summed E-state index contributed by atoms with van der Waals surface area (Å²) in [6, 6.07) is 5.92. The lowest BCUT2D eigenvalue weighted by Gasteiger charge is -2.03. The van der Waals surface area contributed by atoms with Gasteiger partial charge in [0.15, 0.2) is 0 Å². The number of nitrogens with zero attached hydrogens (tertiary/aromatic N) is 1. The summed E-state index contributed by atoms with van der Waals surface area (Å²) < 4.78 is 0. The molecule has 0 fully saturated rings. The summed E-state index contributed by atoms with van der Waals surface area (Å²) >= 11 is 1.04. The van der Waals surface area contributed by atoms with Gasteiger partial charge in [0.1, 0.15) is 0 Å². The lowest BCUT2D eigenvalue weighted by Crippen LogP contribution is -2.19. The number of nitro benzene ring substituents is 1. The number of unbranched alkanes of at least 4 members (excludes halogenated alkanes) is 1. The van der Waals surface area contributed by atoms with Crippen LogP contribution in [0.5, 0.6) is 0 Å². The summed E-state index contributed by atoms with van der Waals surface area (Å²) in [6.07, 6.45) is 1.98. The Morgan fingerprint density at radius 3 is 2.59 bits per heavy atom. The molecule has 1 rings (SSSR count). The van der Waals surface area contributed by atoms with Crippen LogP contribution in [0.25, 0.3) is 0 Å². The van der Waals surface area contributed by atoms with E-state index < -0.39 is 4.92 Å². The number of amides is 1. The first kappa shape index (κ1) is 13.5. The van der Waals surface area contributed by atoms with Crippen molar-refractivity contribution in [2.75, 3.05) is 6.54 Å². The first-order valence-electron chi connectivity index (χ1n) is 5.33. The number of nitrogens with one attached hydrogen (secondary N) is 1. The fraction of sp³-hybridized carbons (Fsp3) is 0.364. The topological polar surface area (TPSA) is 72.2 Å². The first-order chi connectivity index (χ1) is 8.13. The van der Waals surface area contributed by atoms with Crippen LogP contribution in [0.4, 0.5) is 10.5 Å². The van der Waals surface area contributed by atoms with Crippen molar-refractivity contribution in [1.29, 1.82) is 0 Å². The number of thioether (sulfide) groups is 1. The number of hydrogen-bond acceptors (Lipinski definition) is 4. The SMILES string of the molecule is CCCCNC(=O)Sc1ccc([N+](=O)[O-])cc1. The number of benzene rings is 1. The molecule has 1 aromatic rings. The molecule has 0 bridgehead atoms. The Morgan fingerprint density at radius 2 is 2.06 bits per heavy atom. The van der Waals surface area contributed by atoms with Gasteiger partial charge in [0.25, 0.3) is 10.9 Å². The Balaban J connectivity index is 2.46. The predicted molar refractivity (Wildman–Crippen MR) is 67.3 cm³/mol. The quantitative estimate of drug-likeness (QED) is 0.379. The maximum atomic E-state index is 11.4. The summed E-state index contributed by atoms with van der Waals surface area (Å²) in [5.41, 5.74) is 0.0285. The van der Waals surface area contributed by atoms with Crippen LogP contribution in [0.1, 0.15) is 19.8 Å². The van der Waals surface area contributed by atoms with E-state index in [1.807, 2.05) is 0 Å². The van der Waals surface area contributed by atoms with E-state index in [2.05, 4.69) is 12.2 Å². The highest BCUT2D eigenvalue weighted by molar-refractivity contribution is 8.13. The van der Waals surface area contributed by atoms with Crippen molar-refractivity contribution in [3.05, 3.63) is 34.4 Å². The highest BCUT2D eigenvalue weighted by atomic mass is 32.2. The number of carbonyl (C=O) groups excluding carboxylic acids is 1. The number of nitro groups is 1. The van der Waals surface area contributed by atoms with Crippen LogP contribution in [0.3, 0.4) is 0 Å². The third kappa shape index (κ3) is 4.86. The van der Waals surface area contributed by atoms with Crippen molar-refractivity contribution in [3.63, 3.8) is 0 Å². The summed E-state index contributed by atoms with van der Waals surface area (Å²) in [5, 5.41) is 13.1. The second kappa shape index (κ2) is 6.90. The minimum absolute atomic E-state index is 0.0285. The molecule has 0 saturated heterocycles. The van der Waals surface area contributed by atoms with E-state index >= 15 is 0 Å². The van der Waals surface area contributed by atoms with E-state index in [1.165, 1.54) is 12.1 Å². The molecule has 0 aliphatic carbocycles. The van der Waals surface area contributed by atoms with Gasteiger partial charge < -0.3 is 5.32 Å². The van der Waals surface area contributed by atoms with Gasteiger partial charge in [0.05, 0.1) is 4.92 Å². The molecule has 0 spiro atoms. The monoisotopic (exact) mass is 254 g/mol. The molecule has 1 N–H and O–H groups in total. The molecule has 0 radical (unpaired) electrons. The van der Waals surface area contributed by atoms with Gasteiger partial charge in [0, 0.05) is 23.6 Å². The first-order valence-corrected chi connectivity index (χ1v) is 6.15. The van der Waals surface area contributed by atoms with Crippen molar-refractivity contribution in [1.82, 2.24) is 5.32 Å². The largest absolute Gasteiger partial charge is 0.347 e. The molecule has 17 heavy (non-hydrogen) atoms. The predicted octanol–water partition coefficient (Wildman–Crippen LogP) is 3.20. The summed E-state index contributed by atoms with van der Waals surface area (Å²) in [5.74, 6) is 0. The van der Waals surface area contributed by atoms with Crippen LogP contribution >= 0.6 is 11.8 Å². The lowest BCUT2D eigenvalue weighted by molar-refractivity contribution is -0.384. The third-order valence-electron chi connectivity index (χ3n) is 2.06. The molecule has 92 valence electrons. The molecule has 0 aromatic heterocycles. The molecule has 0 heterocycles. The summed E-state index contributed by atoms with van der Waals surface area (Å²) in [7, 11) is 0. The number of carbonyl (C=O) groups is 1. The molecule has 0 aliphatic heterocycles. The normalized spacial score (nSPS) is 9.94. The van der Waals surface area contributed by atoms with Crippen molar-refractivity contribution in [2.45, 2.75) is 24.7 Å². The van der Waals surface area contributed by atoms with Crippen LogP contribution < -0.4 is 5.32 Å². The van der Waals surface area contributed by atoms with Crippen molar-refractivity contribution >= 4 is 22.7 Å². The van der Waals surface area contributed by atoms with E-state index in [-0.39, 0.29) is 10.9 Å². The molecule has 0 saturated carbocycles. The van der Waals surface area contributed by atoms with E-state index in [9.17, 15) is 14.9 Å². The number of non-ortho nitro benzene ring substituents is 1. The molecular weight excluding hydrogens is 240 g/mol. The van der Waals surface area contributed by atoms with Gasteiger partial charge in [-0.25, -0.2) is 0 Å². The maximum Gasteiger partial charge on any atom is 0.283 e. The van der Waals surface area contributed by atoms with Crippen LogP contribution in [0.2, 0.25) is 0 Å².